The van der Waals surface area contributed by atoms with Gasteiger partial charge in [-0.15, -0.1) is 0 Å². The zero-order valence-corrected chi connectivity index (χ0v) is 37.7. The van der Waals surface area contributed by atoms with Crippen molar-refractivity contribution in [3.8, 4) is 0 Å². The second-order valence-corrected chi connectivity index (χ2v) is 17.8. The summed E-state index contributed by atoms with van der Waals surface area (Å²) in [5.41, 5.74) is 1.39. The number of nitrogens with zero attached hydrogens (tertiary/aromatic N) is 8. The van der Waals surface area contributed by atoms with Crippen LogP contribution >= 0.6 is 0 Å². The number of aliphatic hydroxyl groups is 4. The maximum atomic E-state index is 13.1. The summed E-state index contributed by atoms with van der Waals surface area (Å²) in [4.78, 5) is 28.2. The van der Waals surface area contributed by atoms with Crippen molar-refractivity contribution in [3.05, 3.63) is 120 Å². The second kappa shape index (κ2) is 21.5. The fourth-order valence-electron chi connectivity index (χ4n) is 6.53. The van der Waals surface area contributed by atoms with Crippen LogP contribution in [0.15, 0.2) is 114 Å². The van der Waals surface area contributed by atoms with Gasteiger partial charge in [0.05, 0.1) is 0 Å². The van der Waals surface area contributed by atoms with E-state index in [-0.39, 0.29) is 53.7 Å². The molecule has 0 saturated carbocycles. The molecule has 0 amide bonds. The molecule has 2 aromatic heterocycles. The lowest BCUT2D eigenvalue weighted by Crippen LogP contribution is -2.49. The Balaban J connectivity index is 0.00000476. The average Bonchev–Trinajstić information content (AvgIpc) is 3.20. The van der Waals surface area contributed by atoms with Crippen LogP contribution in [0.2, 0.25) is 0 Å². The Kier molecular flexibility index (Phi) is 16.9. The van der Waals surface area contributed by atoms with Gasteiger partial charge < -0.3 is 54.0 Å². The van der Waals surface area contributed by atoms with Crippen LogP contribution in [0.25, 0.3) is 6.08 Å². The van der Waals surface area contributed by atoms with Crippen LogP contribution in [-0.4, -0.2) is 105 Å². The lowest BCUT2D eigenvalue weighted by atomic mass is 9.99. The highest BCUT2D eigenvalue weighted by Gasteiger charge is 2.58. The zero-order chi connectivity index (χ0) is 46.4. The quantitative estimate of drug-likeness (QED) is 0.0428. The van der Waals surface area contributed by atoms with E-state index >= 15 is 0 Å². The Morgan fingerprint density at radius 1 is 0.530 bits per heavy atom. The predicted molar refractivity (Wildman–Crippen MR) is 250 cm³/mol. The largest absolute Gasteiger partial charge is 0.374 e. The van der Waals surface area contributed by atoms with E-state index in [4.69, 9.17) is 0 Å². The number of allylic oxidation sites excluding steroid dienone is 4. The third-order valence-corrected chi connectivity index (χ3v) is 13.1. The van der Waals surface area contributed by atoms with E-state index < -0.39 is 61.2 Å². The van der Waals surface area contributed by atoms with E-state index in [2.05, 4.69) is 51.2 Å². The molecule has 3 aromatic carbocycles. The third kappa shape index (κ3) is 12.1. The van der Waals surface area contributed by atoms with E-state index in [0.717, 1.165) is 17.1 Å². The van der Waals surface area contributed by atoms with E-state index in [0.29, 0.717) is 22.6 Å². The van der Waals surface area contributed by atoms with Crippen LogP contribution in [-0.2, 0) is 20.2 Å². The molecule has 24 nitrogen and oxygen atoms in total. The summed E-state index contributed by atoms with van der Waals surface area (Å²) in [5, 5.41) is 53.3. The molecular weight excluding hydrogens is 901 g/mol. The van der Waals surface area contributed by atoms with Crippen LogP contribution in [0.3, 0.4) is 0 Å². The van der Waals surface area contributed by atoms with Crippen LogP contribution in [0, 0.1) is 0 Å². The van der Waals surface area contributed by atoms with Crippen molar-refractivity contribution in [3.63, 3.8) is 0 Å². The first kappa shape index (κ1) is 51.9. The van der Waals surface area contributed by atoms with Gasteiger partial charge in [-0.3, -0.25) is 18.9 Å². The van der Waals surface area contributed by atoms with Crippen LogP contribution in [0.5, 0.6) is 0 Å². The van der Waals surface area contributed by atoms with Gasteiger partial charge in [-0.1, -0.05) is 66.8 Å². The van der Waals surface area contributed by atoms with E-state index in [1.807, 2.05) is 18.2 Å². The maximum Gasteiger partial charge on any atom is 0.292 e. The number of aromatic nitrogens is 6. The van der Waals surface area contributed by atoms with Gasteiger partial charge in [0.1, 0.15) is 24.9 Å². The minimum absolute atomic E-state index is 0. The molecule has 5 aromatic rings. The van der Waals surface area contributed by atoms with Crippen LogP contribution in [0.4, 0.5) is 52.8 Å². The van der Waals surface area contributed by atoms with Gasteiger partial charge in [-0.05, 0) is 81.3 Å². The fraction of sp³-hybridized carbons (Fsp3) is 0.250. The number of anilines is 9. The number of aliphatic hydroxyl groups excluding tert-OH is 4. The number of rotatable bonds is 18. The van der Waals surface area contributed by atoms with E-state index in [9.17, 15) is 46.4 Å². The van der Waals surface area contributed by atoms with Gasteiger partial charge in [-0.2, -0.15) is 46.7 Å². The summed E-state index contributed by atoms with van der Waals surface area (Å²) in [7, 11) is -11.3. The molecule has 0 radical (unpaired) electrons. The number of nitrogens with one attached hydrogen (secondary N) is 4. The average molecular weight is 953 g/mol. The van der Waals surface area contributed by atoms with Gasteiger partial charge in [0, 0.05) is 29.2 Å². The van der Waals surface area contributed by atoms with E-state index in [1.54, 1.807) is 66.7 Å². The number of para-hydroxylation sites is 2. The Hall–Kier alpha value is -6.72. The highest BCUT2D eigenvalue weighted by Crippen LogP contribution is 2.42. The van der Waals surface area contributed by atoms with Gasteiger partial charge in [0.25, 0.3) is 24.3 Å². The molecule has 0 bridgehead atoms. The third-order valence-electron chi connectivity index (χ3n) is 9.43. The molecule has 4 unspecified atom stereocenters. The van der Waals surface area contributed by atoms with Gasteiger partial charge in [0.15, 0.2) is 0 Å². The second-order valence-electron chi connectivity index (χ2n) is 14.3. The minimum atomic E-state index is -5.65. The molecule has 6 rings (SSSR count). The molecule has 0 aliphatic heterocycles. The van der Waals surface area contributed by atoms with Crippen LogP contribution < -0.4 is 43.4 Å². The SMILES string of the molecule is CC(O)N(c1nc(NC2=CC=C(C=Cc3ccc(Nc4nc(Nc5ccccc5)nc(N(C(C)O)C(C)O)n4)cc3)C(S(=O)(=O)O)(S(=O)(=O)O)C2)nc(Nc2ccccc2)n1)C(C)O.N.N. The highest BCUT2D eigenvalue weighted by molar-refractivity contribution is 8.05. The summed E-state index contributed by atoms with van der Waals surface area (Å²) in [6.45, 7) is 5.59. The minimum Gasteiger partial charge on any atom is -0.374 e. The molecule has 354 valence electrons. The van der Waals surface area contributed by atoms with Gasteiger partial charge in [-0.25, -0.2) is 0 Å². The Bertz CT molecular complexity index is 2700. The Labute approximate surface area is 380 Å². The van der Waals surface area contributed by atoms with Crippen molar-refractivity contribution in [1.82, 2.24) is 42.2 Å². The molecule has 1 aliphatic carbocycles. The molecule has 26 heteroatoms. The van der Waals surface area contributed by atoms with Crippen molar-refractivity contribution >= 4 is 79.1 Å². The maximum absolute atomic E-state index is 13.1. The van der Waals surface area contributed by atoms with Crippen molar-refractivity contribution < 1.29 is 46.4 Å². The fourth-order valence-corrected chi connectivity index (χ4v) is 9.13. The molecule has 1 aliphatic rings. The molecule has 66 heavy (non-hydrogen) atoms. The van der Waals surface area contributed by atoms with Crippen molar-refractivity contribution in [1.29, 1.82) is 0 Å². The normalized spacial score (nSPS) is 15.4. The summed E-state index contributed by atoms with van der Waals surface area (Å²) < 4.78 is 70.3. The van der Waals surface area contributed by atoms with Crippen molar-refractivity contribution in [2.45, 2.75) is 63.1 Å². The van der Waals surface area contributed by atoms with Crippen molar-refractivity contribution in [2.75, 3.05) is 31.1 Å². The summed E-state index contributed by atoms with van der Waals surface area (Å²) >= 11 is 0. The monoisotopic (exact) mass is 952 g/mol. The molecular formula is C40H52N14O10S2. The number of benzene rings is 3. The summed E-state index contributed by atoms with van der Waals surface area (Å²) in [6.07, 6.45) is -1.13. The Morgan fingerprint density at radius 2 is 0.894 bits per heavy atom. The first-order chi connectivity index (χ1) is 30.2. The molecule has 0 fully saturated rings. The highest BCUT2D eigenvalue weighted by atomic mass is 32.3. The van der Waals surface area contributed by atoms with Gasteiger partial charge in [0.2, 0.25) is 35.7 Å². The zero-order valence-electron chi connectivity index (χ0n) is 36.0. The smallest absolute Gasteiger partial charge is 0.292 e. The Morgan fingerprint density at radius 3 is 1.26 bits per heavy atom. The number of hydrogen-bond acceptors (Lipinski definition) is 22. The van der Waals surface area contributed by atoms with Crippen molar-refractivity contribution in [2.24, 2.45) is 0 Å². The molecule has 0 spiro atoms. The predicted octanol–water partition coefficient (Wildman–Crippen LogP) is 4.39. The first-order valence-electron chi connectivity index (χ1n) is 19.4. The molecule has 0 saturated heterocycles. The van der Waals surface area contributed by atoms with E-state index in [1.165, 1.54) is 44.7 Å². The molecule has 16 N–H and O–H groups in total. The molecule has 2 heterocycles. The summed E-state index contributed by atoms with van der Waals surface area (Å²) in [6, 6.07) is 24.1. The number of hydrogen-bond donors (Lipinski definition) is 12. The lowest BCUT2D eigenvalue weighted by Gasteiger charge is -2.32. The standard InChI is InChI=1S/C40H46N12O10S2.2H3N/c1-24(53)51(25(2)54)38-47-34(41-30-11-7-5-8-12-30)45-36(49-38)43-32-20-16-28(17-21-32)15-18-29-19-22-33(23-40(29,63(57,58)59)64(60,61)62)44-37-46-35(42-31-13-9-6-10-14-31)48-39(50-37)52(26(3)55)27(4)56;;/h5-22,24-27,53-56H,23H2,1-4H3,(H,57,58,59)(H,60,61,62)(H2,41,43,45,47,49)(H2,42,44,46,48,50);2*1H3. The topological polar surface area (TPSA) is 392 Å². The lowest BCUT2D eigenvalue weighted by molar-refractivity contribution is 0.102. The summed E-state index contributed by atoms with van der Waals surface area (Å²) in [5.74, 6) is -0.511. The van der Waals surface area contributed by atoms with Crippen LogP contribution in [0.1, 0.15) is 39.7 Å². The van der Waals surface area contributed by atoms with Gasteiger partial charge >= 0.3 is 0 Å². The first-order valence-corrected chi connectivity index (χ1v) is 22.2. The molecule has 4 atom stereocenters.